The molecule has 2 aliphatic carbocycles. The molecule has 2 heteroatoms. The quantitative estimate of drug-likeness (QED) is 0.784. The summed E-state index contributed by atoms with van der Waals surface area (Å²) in [6.07, 6.45) is 20.3. The van der Waals surface area contributed by atoms with Gasteiger partial charge in [0.2, 0.25) is 0 Å². The van der Waals surface area contributed by atoms with E-state index in [9.17, 15) is 5.11 Å². The van der Waals surface area contributed by atoms with Crippen LogP contribution < -0.4 is 5.32 Å². The van der Waals surface area contributed by atoms with E-state index in [0.717, 1.165) is 31.3 Å². The van der Waals surface area contributed by atoms with Gasteiger partial charge in [0.15, 0.2) is 0 Å². The van der Waals surface area contributed by atoms with Crippen LogP contribution in [0.15, 0.2) is 0 Å². The Morgan fingerprint density at radius 1 is 0.667 bits per heavy atom. The molecule has 2 unspecified atom stereocenters. The lowest BCUT2D eigenvalue weighted by Gasteiger charge is -2.28. The standard InChI is InChI=1S/C19H37NO/c21-19-14-10-11-17(15-19)16-20-18-12-8-6-4-2-1-3-5-7-9-13-18/h17-21H,1-16H2. The first-order valence-electron chi connectivity index (χ1n) is 9.76. The van der Waals surface area contributed by atoms with E-state index in [1.807, 2.05) is 0 Å². The topological polar surface area (TPSA) is 32.3 Å². The van der Waals surface area contributed by atoms with Crippen LogP contribution in [0, 0.1) is 5.92 Å². The molecule has 0 aromatic heterocycles. The Morgan fingerprint density at radius 3 is 1.81 bits per heavy atom. The van der Waals surface area contributed by atoms with Gasteiger partial charge in [-0.05, 0) is 44.6 Å². The predicted molar refractivity (Wildman–Crippen MR) is 90.5 cm³/mol. The van der Waals surface area contributed by atoms with Crippen LogP contribution in [0.2, 0.25) is 0 Å². The van der Waals surface area contributed by atoms with Crippen LogP contribution in [0.4, 0.5) is 0 Å². The minimum atomic E-state index is -0.0261. The van der Waals surface area contributed by atoms with Crippen molar-refractivity contribution in [2.24, 2.45) is 5.92 Å². The molecule has 2 saturated carbocycles. The van der Waals surface area contributed by atoms with Crippen LogP contribution in [-0.2, 0) is 0 Å². The number of nitrogens with one attached hydrogen (secondary N) is 1. The molecule has 2 nitrogen and oxygen atoms in total. The van der Waals surface area contributed by atoms with Crippen LogP contribution in [-0.4, -0.2) is 23.8 Å². The largest absolute Gasteiger partial charge is 0.393 e. The SMILES string of the molecule is OC1CCCC(CNC2CCCCCCCCCCC2)C1. The maximum atomic E-state index is 9.80. The van der Waals surface area contributed by atoms with E-state index < -0.39 is 0 Å². The number of aliphatic hydroxyl groups excluding tert-OH is 1. The maximum Gasteiger partial charge on any atom is 0.0543 e. The molecular formula is C19H37NO. The predicted octanol–water partition coefficient (Wildman–Crippen LogP) is 4.80. The van der Waals surface area contributed by atoms with E-state index in [4.69, 9.17) is 0 Å². The van der Waals surface area contributed by atoms with Gasteiger partial charge in [0.05, 0.1) is 6.10 Å². The molecule has 21 heavy (non-hydrogen) atoms. The fourth-order valence-electron chi connectivity index (χ4n) is 4.15. The third kappa shape index (κ3) is 7.65. The Balaban J connectivity index is 1.67. The number of rotatable bonds is 3. The Morgan fingerprint density at radius 2 is 1.24 bits per heavy atom. The molecule has 0 bridgehead atoms. The Hall–Kier alpha value is -0.0800. The van der Waals surface area contributed by atoms with Crippen LogP contribution in [0.1, 0.15) is 96.3 Å². The van der Waals surface area contributed by atoms with Crippen LogP contribution in [0.3, 0.4) is 0 Å². The monoisotopic (exact) mass is 295 g/mol. The summed E-state index contributed by atoms with van der Waals surface area (Å²) >= 11 is 0. The Bertz CT molecular complexity index is 244. The first-order chi connectivity index (χ1) is 10.3. The molecule has 0 amide bonds. The van der Waals surface area contributed by atoms with Gasteiger partial charge in [-0.2, -0.15) is 0 Å². The van der Waals surface area contributed by atoms with Gasteiger partial charge in [0, 0.05) is 6.04 Å². The van der Waals surface area contributed by atoms with E-state index in [1.165, 1.54) is 83.5 Å². The first kappa shape index (κ1) is 17.3. The van der Waals surface area contributed by atoms with Gasteiger partial charge in [-0.25, -0.2) is 0 Å². The molecule has 2 N–H and O–H groups in total. The molecule has 0 radical (unpaired) electrons. The van der Waals surface area contributed by atoms with Crippen molar-refractivity contribution in [3.63, 3.8) is 0 Å². The minimum Gasteiger partial charge on any atom is -0.393 e. The summed E-state index contributed by atoms with van der Waals surface area (Å²) in [5, 5.41) is 13.7. The molecule has 2 aliphatic rings. The third-order valence-corrected chi connectivity index (χ3v) is 5.56. The summed E-state index contributed by atoms with van der Waals surface area (Å²) in [6.45, 7) is 1.14. The smallest absolute Gasteiger partial charge is 0.0543 e. The average molecular weight is 296 g/mol. The molecule has 124 valence electrons. The first-order valence-corrected chi connectivity index (χ1v) is 9.76. The second kappa shape index (κ2) is 10.6. The lowest BCUT2D eigenvalue weighted by atomic mass is 9.87. The lowest BCUT2D eigenvalue weighted by molar-refractivity contribution is 0.0992. The molecule has 0 aromatic carbocycles. The zero-order valence-electron chi connectivity index (χ0n) is 14.0. The number of hydrogen-bond donors (Lipinski definition) is 2. The number of hydrogen-bond acceptors (Lipinski definition) is 2. The van der Waals surface area contributed by atoms with Gasteiger partial charge < -0.3 is 10.4 Å². The van der Waals surface area contributed by atoms with Gasteiger partial charge in [-0.1, -0.05) is 64.2 Å². The van der Waals surface area contributed by atoms with E-state index in [-0.39, 0.29) is 6.10 Å². The summed E-state index contributed by atoms with van der Waals surface area (Å²) in [5.74, 6) is 0.718. The second-order valence-corrected chi connectivity index (χ2v) is 7.55. The van der Waals surface area contributed by atoms with Crippen molar-refractivity contribution >= 4 is 0 Å². The van der Waals surface area contributed by atoms with Crippen molar-refractivity contribution in [2.45, 2.75) is 108 Å². The summed E-state index contributed by atoms with van der Waals surface area (Å²) in [4.78, 5) is 0. The van der Waals surface area contributed by atoms with E-state index in [0.29, 0.717) is 0 Å². The minimum absolute atomic E-state index is 0.0261. The zero-order valence-corrected chi connectivity index (χ0v) is 14.0. The highest BCUT2D eigenvalue weighted by Gasteiger charge is 2.20. The van der Waals surface area contributed by atoms with Crippen LogP contribution in [0.5, 0.6) is 0 Å². The van der Waals surface area contributed by atoms with Gasteiger partial charge in [0.25, 0.3) is 0 Å². The van der Waals surface area contributed by atoms with Gasteiger partial charge in [-0.3, -0.25) is 0 Å². The zero-order chi connectivity index (χ0) is 14.8. The molecular weight excluding hydrogens is 258 g/mol. The van der Waals surface area contributed by atoms with E-state index >= 15 is 0 Å². The summed E-state index contributed by atoms with van der Waals surface area (Å²) in [6, 6.07) is 0.739. The molecule has 0 saturated heterocycles. The van der Waals surface area contributed by atoms with Gasteiger partial charge >= 0.3 is 0 Å². The van der Waals surface area contributed by atoms with E-state index in [1.54, 1.807) is 0 Å². The molecule has 0 aromatic rings. The van der Waals surface area contributed by atoms with Crippen molar-refractivity contribution in [3.05, 3.63) is 0 Å². The Kier molecular flexibility index (Phi) is 8.73. The van der Waals surface area contributed by atoms with Crippen molar-refractivity contribution in [1.29, 1.82) is 0 Å². The fourth-order valence-corrected chi connectivity index (χ4v) is 4.15. The average Bonchev–Trinajstić information content (AvgIpc) is 2.47. The molecule has 2 atom stereocenters. The molecule has 2 fully saturated rings. The second-order valence-electron chi connectivity index (χ2n) is 7.55. The van der Waals surface area contributed by atoms with E-state index in [2.05, 4.69) is 5.32 Å². The van der Waals surface area contributed by atoms with Crippen LogP contribution in [0.25, 0.3) is 0 Å². The molecule has 0 heterocycles. The third-order valence-electron chi connectivity index (χ3n) is 5.56. The summed E-state index contributed by atoms with van der Waals surface area (Å²) < 4.78 is 0. The van der Waals surface area contributed by atoms with Crippen molar-refractivity contribution < 1.29 is 5.11 Å². The lowest BCUT2D eigenvalue weighted by Crippen LogP contribution is -2.36. The van der Waals surface area contributed by atoms with Crippen LogP contribution >= 0.6 is 0 Å². The highest BCUT2D eigenvalue weighted by Crippen LogP contribution is 2.24. The highest BCUT2D eigenvalue weighted by molar-refractivity contribution is 4.76. The summed E-state index contributed by atoms with van der Waals surface area (Å²) in [5.41, 5.74) is 0. The van der Waals surface area contributed by atoms with Gasteiger partial charge in [-0.15, -0.1) is 0 Å². The molecule has 0 spiro atoms. The maximum absolute atomic E-state index is 9.80. The number of aliphatic hydroxyl groups is 1. The van der Waals surface area contributed by atoms with Gasteiger partial charge in [0.1, 0.15) is 0 Å². The normalized spacial score (nSPS) is 31.3. The summed E-state index contributed by atoms with van der Waals surface area (Å²) in [7, 11) is 0. The molecule has 0 aliphatic heterocycles. The Labute approximate surface area is 132 Å². The highest BCUT2D eigenvalue weighted by atomic mass is 16.3. The van der Waals surface area contributed by atoms with Crippen molar-refractivity contribution in [3.8, 4) is 0 Å². The van der Waals surface area contributed by atoms with Crippen molar-refractivity contribution in [1.82, 2.24) is 5.32 Å². The van der Waals surface area contributed by atoms with Crippen molar-refractivity contribution in [2.75, 3.05) is 6.54 Å². The fraction of sp³-hybridized carbons (Fsp3) is 1.00. The molecule has 2 rings (SSSR count).